The molecule has 4 nitrogen and oxygen atoms in total. The molecule has 0 atom stereocenters. The summed E-state index contributed by atoms with van der Waals surface area (Å²) in [5, 5.41) is 3.51. The van der Waals surface area contributed by atoms with Gasteiger partial charge >= 0.3 is 0 Å². The summed E-state index contributed by atoms with van der Waals surface area (Å²) in [5.41, 5.74) is 6.82. The molecule has 0 fully saturated rings. The number of aryl methyl sites for hydroxylation is 1. The fraction of sp³-hybridized carbons (Fsp3) is 0.357. The minimum Gasteiger partial charge on any atom is -0.459 e. The molecule has 0 saturated carbocycles. The Morgan fingerprint density at radius 2 is 2.26 bits per heavy atom. The predicted molar refractivity (Wildman–Crippen MR) is 71.0 cm³/mol. The van der Waals surface area contributed by atoms with E-state index in [2.05, 4.69) is 5.32 Å². The lowest BCUT2D eigenvalue weighted by atomic mass is 10.1. The SMILES string of the molecule is Cc1c(CNC(=O)CCCN)oc2ccc(F)cc12. The monoisotopic (exact) mass is 264 g/mol. The third-order valence-electron chi connectivity index (χ3n) is 3.05. The standard InChI is InChI=1S/C14H17FN2O2/c1-9-11-7-10(15)4-5-12(11)19-13(9)8-17-14(18)3-2-6-16/h4-5,7H,2-3,6,8,16H2,1H3,(H,17,18). The summed E-state index contributed by atoms with van der Waals surface area (Å²) in [4.78, 5) is 11.5. The van der Waals surface area contributed by atoms with E-state index in [1.165, 1.54) is 12.1 Å². The lowest BCUT2D eigenvalue weighted by Crippen LogP contribution is -2.23. The highest BCUT2D eigenvalue weighted by molar-refractivity contribution is 5.82. The molecular formula is C14H17FN2O2. The van der Waals surface area contributed by atoms with Crippen molar-refractivity contribution >= 4 is 16.9 Å². The minimum absolute atomic E-state index is 0.0588. The summed E-state index contributed by atoms with van der Waals surface area (Å²) in [6, 6.07) is 4.39. The second-order valence-electron chi connectivity index (χ2n) is 4.46. The van der Waals surface area contributed by atoms with Gasteiger partial charge in [0, 0.05) is 17.4 Å². The molecule has 5 heteroatoms. The molecule has 2 rings (SSSR count). The lowest BCUT2D eigenvalue weighted by molar-refractivity contribution is -0.121. The molecule has 1 aromatic heterocycles. The summed E-state index contributed by atoms with van der Waals surface area (Å²) in [6.45, 7) is 2.66. The molecule has 2 aromatic rings. The van der Waals surface area contributed by atoms with E-state index < -0.39 is 0 Å². The summed E-state index contributed by atoms with van der Waals surface area (Å²) in [5.74, 6) is 0.299. The molecule has 0 aliphatic rings. The summed E-state index contributed by atoms with van der Waals surface area (Å²) < 4.78 is 18.8. The van der Waals surface area contributed by atoms with Crippen LogP contribution in [0.5, 0.6) is 0 Å². The Morgan fingerprint density at radius 3 is 3.00 bits per heavy atom. The number of furan rings is 1. The molecule has 0 unspecified atom stereocenters. The molecule has 1 amide bonds. The summed E-state index contributed by atoms with van der Waals surface area (Å²) >= 11 is 0. The number of rotatable bonds is 5. The van der Waals surface area contributed by atoms with Crippen molar-refractivity contribution in [2.75, 3.05) is 6.54 Å². The Labute approximate surface area is 110 Å². The quantitative estimate of drug-likeness (QED) is 0.870. The number of fused-ring (bicyclic) bond motifs is 1. The van der Waals surface area contributed by atoms with Crippen LogP contribution in [0.3, 0.4) is 0 Å². The zero-order valence-electron chi connectivity index (χ0n) is 10.8. The maximum absolute atomic E-state index is 13.2. The van der Waals surface area contributed by atoms with Gasteiger partial charge in [-0.2, -0.15) is 0 Å². The Balaban J connectivity index is 2.09. The second-order valence-corrected chi connectivity index (χ2v) is 4.46. The number of amides is 1. The number of benzene rings is 1. The Bertz CT molecular complexity index is 592. The number of nitrogens with two attached hydrogens (primary N) is 1. The van der Waals surface area contributed by atoms with Gasteiger partial charge in [0.1, 0.15) is 17.2 Å². The van der Waals surface area contributed by atoms with Crippen LogP contribution in [-0.2, 0) is 11.3 Å². The molecule has 0 aliphatic carbocycles. The van der Waals surface area contributed by atoms with E-state index in [9.17, 15) is 9.18 Å². The average Bonchev–Trinajstić information content (AvgIpc) is 2.71. The highest BCUT2D eigenvalue weighted by Gasteiger charge is 2.11. The van der Waals surface area contributed by atoms with Gasteiger partial charge in [-0.25, -0.2) is 4.39 Å². The molecular weight excluding hydrogens is 247 g/mol. The molecule has 1 heterocycles. The van der Waals surface area contributed by atoms with Gasteiger partial charge in [0.05, 0.1) is 6.54 Å². The Hall–Kier alpha value is -1.88. The van der Waals surface area contributed by atoms with Crippen molar-refractivity contribution in [3.63, 3.8) is 0 Å². The number of hydrogen-bond acceptors (Lipinski definition) is 3. The number of nitrogens with one attached hydrogen (secondary N) is 1. The lowest BCUT2D eigenvalue weighted by Gasteiger charge is -2.03. The largest absolute Gasteiger partial charge is 0.459 e. The van der Waals surface area contributed by atoms with Gasteiger partial charge in [-0.05, 0) is 38.1 Å². The molecule has 19 heavy (non-hydrogen) atoms. The molecule has 0 bridgehead atoms. The smallest absolute Gasteiger partial charge is 0.220 e. The molecule has 0 saturated heterocycles. The van der Waals surface area contributed by atoms with E-state index in [0.717, 1.165) is 10.9 Å². The van der Waals surface area contributed by atoms with Crippen molar-refractivity contribution in [1.29, 1.82) is 0 Å². The highest BCUT2D eigenvalue weighted by Crippen LogP contribution is 2.25. The summed E-state index contributed by atoms with van der Waals surface area (Å²) in [7, 11) is 0. The predicted octanol–water partition coefficient (Wildman–Crippen LogP) is 2.24. The van der Waals surface area contributed by atoms with Gasteiger partial charge in [0.2, 0.25) is 5.91 Å². The van der Waals surface area contributed by atoms with Gasteiger partial charge in [0.15, 0.2) is 0 Å². The number of carbonyl (C=O) groups is 1. The molecule has 1 aromatic carbocycles. The number of halogens is 1. The first-order valence-electron chi connectivity index (χ1n) is 6.26. The van der Waals surface area contributed by atoms with E-state index in [0.29, 0.717) is 37.3 Å². The van der Waals surface area contributed by atoms with Crippen molar-refractivity contribution in [2.45, 2.75) is 26.3 Å². The normalized spacial score (nSPS) is 10.9. The van der Waals surface area contributed by atoms with Gasteiger partial charge in [-0.15, -0.1) is 0 Å². The van der Waals surface area contributed by atoms with E-state index in [-0.39, 0.29) is 11.7 Å². The Kier molecular flexibility index (Phi) is 4.16. The van der Waals surface area contributed by atoms with Crippen LogP contribution >= 0.6 is 0 Å². The van der Waals surface area contributed by atoms with Crippen LogP contribution in [0.1, 0.15) is 24.2 Å². The number of carbonyl (C=O) groups excluding carboxylic acids is 1. The van der Waals surface area contributed by atoms with Crippen LogP contribution in [0.4, 0.5) is 4.39 Å². The second kappa shape index (κ2) is 5.84. The van der Waals surface area contributed by atoms with Crippen molar-refractivity contribution in [3.8, 4) is 0 Å². The van der Waals surface area contributed by atoms with Crippen LogP contribution in [0.15, 0.2) is 22.6 Å². The fourth-order valence-electron chi connectivity index (χ4n) is 1.94. The van der Waals surface area contributed by atoms with E-state index in [1.54, 1.807) is 6.07 Å². The van der Waals surface area contributed by atoms with Crippen molar-refractivity contribution in [2.24, 2.45) is 5.73 Å². The van der Waals surface area contributed by atoms with Gasteiger partial charge in [-0.1, -0.05) is 0 Å². The topological polar surface area (TPSA) is 68.3 Å². The summed E-state index contributed by atoms with van der Waals surface area (Å²) in [6.07, 6.45) is 1.07. The maximum Gasteiger partial charge on any atom is 0.220 e. The van der Waals surface area contributed by atoms with Crippen molar-refractivity contribution < 1.29 is 13.6 Å². The van der Waals surface area contributed by atoms with Crippen LogP contribution in [0.2, 0.25) is 0 Å². The third-order valence-corrected chi connectivity index (χ3v) is 3.05. The first-order chi connectivity index (χ1) is 9.11. The van der Waals surface area contributed by atoms with Crippen molar-refractivity contribution in [1.82, 2.24) is 5.32 Å². The first kappa shape index (κ1) is 13.5. The highest BCUT2D eigenvalue weighted by atomic mass is 19.1. The molecule has 0 spiro atoms. The molecule has 0 aliphatic heterocycles. The Morgan fingerprint density at radius 1 is 1.47 bits per heavy atom. The third kappa shape index (κ3) is 3.12. The van der Waals surface area contributed by atoms with E-state index >= 15 is 0 Å². The molecule has 3 N–H and O–H groups in total. The zero-order chi connectivity index (χ0) is 13.8. The maximum atomic E-state index is 13.2. The van der Waals surface area contributed by atoms with Crippen LogP contribution in [0, 0.1) is 12.7 Å². The molecule has 0 radical (unpaired) electrons. The average molecular weight is 264 g/mol. The van der Waals surface area contributed by atoms with E-state index in [1.807, 2.05) is 6.92 Å². The van der Waals surface area contributed by atoms with Gasteiger partial charge in [0.25, 0.3) is 0 Å². The van der Waals surface area contributed by atoms with Gasteiger partial charge < -0.3 is 15.5 Å². The van der Waals surface area contributed by atoms with Crippen LogP contribution in [0.25, 0.3) is 11.0 Å². The van der Waals surface area contributed by atoms with Crippen LogP contribution in [-0.4, -0.2) is 12.5 Å². The minimum atomic E-state index is -0.296. The van der Waals surface area contributed by atoms with Crippen LogP contribution < -0.4 is 11.1 Å². The molecule has 102 valence electrons. The zero-order valence-corrected chi connectivity index (χ0v) is 10.8. The fourth-order valence-corrected chi connectivity index (χ4v) is 1.94. The number of hydrogen-bond donors (Lipinski definition) is 2. The first-order valence-corrected chi connectivity index (χ1v) is 6.26. The van der Waals surface area contributed by atoms with E-state index in [4.69, 9.17) is 10.2 Å². The van der Waals surface area contributed by atoms with Gasteiger partial charge in [-0.3, -0.25) is 4.79 Å². The van der Waals surface area contributed by atoms with Crippen molar-refractivity contribution in [3.05, 3.63) is 35.3 Å².